The van der Waals surface area contributed by atoms with E-state index in [0.717, 1.165) is 19.6 Å². The van der Waals surface area contributed by atoms with E-state index in [9.17, 15) is 0 Å². The van der Waals surface area contributed by atoms with Gasteiger partial charge < -0.3 is 10.5 Å². The van der Waals surface area contributed by atoms with Gasteiger partial charge in [0.2, 0.25) is 0 Å². The lowest BCUT2D eigenvalue weighted by molar-refractivity contribution is -0.0400. The van der Waals surface area contributed by atoms with E-state index in [1.807, 2.05) is 24.9 Å². The molecule has 1 aliphatic rings. The highest BCUT2D eigenvalue weighted by atomic mass is 16.5. The first kappa shape index (κ1) is 16.9. The molecule has 0 bridgehead atoms. The summed E-state index contributed by atoms with van der Waals surface area (Å²) in [5.74, 6) is 0.966. The largest absolute Gasteiger partial charge is 0.382 e. The third kappa shape index (κ3) is 3.13. The molecule has 0 spiro atoms. The van der Waals surface area contributed by atoms with Crippen molar-refractivity contribution in [1.82, 2.24) is 39.6 Å². The van der Waals surface area contributed by atoms with Gasteiger partial charge in [-0.1, -0.05) is 5.21 Å². The summed E-state index contributed by atoms with van der Waals surface area (Å²) in [6.45, 7) is 7.75. The number of nitrogen functional groups attached to an aromatic ring is 1. The number of hydrogen-bond donors (Lipinski definition) is 1. The van der Waals surface area contributed by atoms with Gasteiger partial charge in [-0.25, -0.2) is 14.6 Å². The molecule has 10 heteroatoms. The average Bonchev–Trinajstić information content (AvgIpc) is 3.14. The zero-order valence-corrected chi connectivity index (χ0v) is 15.3. The van der Waals surface area contributed by atoms with Crippen molar-refractivity contribution >= 4 is 17.0 Å². The molecule has 0 aliphatic carbocycles. The number of nitrogens with zero attached hydrogens (tertiary/aromatic N) is 8. The first-order valence-corrected chi connectivity index (χ1v) is 8.66. The highest BCUT2D eigenvalue weighted by Gasteiger charge is 2.24. The van der Waals surface area contributed by atoms with Gasteiger partial charge >= 0.3 is 0 Å². The number of nitrogens with two attached hydrogens (primary N) is 1. The normalized spacial score (nSPS) is 18.7. The zero-order valence-electron chi connectivity index (χ0n) is 15.3. The molecule has 2 N–H and O–H groups in total. The van der Waals surface area contributed by atoms with Crippen LogP contribution < -0.4 is 5.73 Å². The molecule has 1 saturated heterocycles. The van der Waals surface area contributed by atoms with Gasteiger partial charge in [-0.2, -0.15) is 5.10 Å². The summed E-state index contributed by atoms with van der Waals surface area (Å²) in [5.41, 5.74) is 9.54. The highest BCUT2D eigenvalue weighted by molar-refractivity contribution is 5.80. The van der Waals surface area contributed by atoms with Crippen LogP contribution in [0.4, 0.5) is 5.82 Å². The topological polar surface area (TPSA) is 113 Å². The molecule has 0 aromatic carbocycles. The van der Waals surface area contributed by atoms with E-state index in [4.69, 9.17) is 10.5 Å². The molecule has 1 aliphatic heterocycles. The van der Waals surface area contributed by atoms with Crippen molar-refractivity contribution in [2.45, 2.75) is 33.0 Å². The number of aromatic nitrogens is 7. The maximum absolute atomic E-state index is 5.94. The molecule has 26 heavy (non-hydrogen) atoms. The van der Waals surface area contributed by atoms with Crippen LogP contribution in [0.15, 0.2) is 6.20 Å². The minimum absolute atomic E-state index is 0.0159. The molecule has 1 unspecified atom stereocenters. The maximum atomic E-state index is 5.94. The molecule has 1 fully saturated rings. The number of fused-ring (bicyclic) bond motifs is 1. The number of hydrogen-bond acceptors (Lipinski definition) is 8. The van der Waals surface area contributed by atoms with E-state index in [1.54, 1.807) is 4.68 Å². The van der Waals surface area contributed by atoms with E-state index < -0.39 is 0 Å². The van der Waals surface area contributed by atoms with Gasteiger partial charge in [0.1, 0.15) is 5.82 Å². The molecule has 138 valence electrons. The Kier molecular flexibility index (Phi) is 4.29. The first-order valence-electron chi connectivity index (χ1n) is 8.66. The molecule has 4 rings (SSSR count). The summed E-state index contributed by atoms with van der Waals surface area (Å²) < 4.78 is 9.60. The standard InChI is InChI=1S/C16H23N9O/c1-10-12(6-18-23(10)3)7-24-4-5-26-13(8-24)9-25-16-14(21-22-25)15(17)19-11(2)20-16/h6,13H,4-5,7-9H2,1-3H3,(H2,17,19,20). The monoisotopic (exact) mass is 357 g/mol. The van der Waals surface area contributed by atoms with Gasteiger partial charge in [0.15, 0.2) is 17.0 Å². The maximum Gasteiger partial charge on any atom is 0.184 e. The van der Waals surface area contributed by atoms with E-state index in [2.05, 4.69) is 37.2 Å². The van der Waals surface area contributed by atoms with E-state index >= 15 is 0 Å². The van der Waals surface area contributed by atoms with Crippen molar-refractivity contribution in [3.63, 3.8) is 0 Å². The molecule has 1 atom stereocenters. The van der Waals surface area contributed by atoms with Crippen molar-refractivity contribution in [3.05, 3.63) is 23.3 Å². The Bertz CT molecular complexity index is 931. The van der Waals surface area contributed by atoms with Gasteiger partial charge in [-0.05, 0) is 13.8 Å². The van der Waals surface area contributed by atoms with Gasteiger partial charge in [0.25, 0.3) is 0 Å². The van der Waals surface area contributed by atoms with Gasteiger partial charge in [0, 0.05) is 37.9 Å². The SMILES string of the molecule is Cc1nc(N)c2nnn(CC3CN(Cc4cnn(C)c4C)CCO3)c2n1. The van der Waals surface area contributed by atoms with E-state index in [0.29, 0.717) is 36.0 Å². The van der Waals surface area contributed by atoms with Crippen LogP contribution in [0, 0.1) is 13.8 Å². The lowest BCUT2D eigenvalue weighted by Gasteiger charge is -2.32. The fourth-order valence-electron chi connectivity index (χ4n) is 3.28. The number of ether oxygens (including phenoxy) is 1. The van der Waals surface area contributed by atoms with Crippen LogP contribution in [0.25, 0.3) is 11.2 Å². The summed E-state index contributed by atoms with van der Waals surface area (Å²) in [5, 5.41) is 12.6. The average molecular weight is 357 g/mol. The van der Waals surface area contributed by atoms with Crippen LogP contribution in [-0.4, -0.2) is 65.4 Å². The third-order valence-corrected chi connectivity index (χ3v) is 4.83. The van der Waals surface area contributed by atoms with Crippen LogP contribution in [0.2, 0.25) is 0 Å². The highest BCUT2D eigenvalue weighted by Crippen LogP contribution is 2.17. The fraction of sp³-hybridized carbons (Fsp3) is 0.562. The second kappa shape index (κ2) is 6.61. The van der Waals surface area contributed by atoms with Crippen LogP contribution in [-0.2, 0) is 24.9 Å². The summed E-state index contributed by atoms with van der Waals surface area (Å²) in [4.78, 5) is 10.9. The summed E-state index contributed by atoms with van der Waals surface area (Å²) in [7, 11) is 1.96. The Balaban J connectivity index is 1.48. The quantitative estimate of drug-likeness (QED) is 0.697. The molecular weight excluding hydrogens is 334 g/mol. The van der Waals surface area contributed by atoms with Crippen molar-refractivity contribution in [3.8, 4) is 0 Å². The van der Waals surface area contributed by atoms with Crippen LogP contribution >= 0.6 is 0 Å². The third-order valence-electron chi connectivity index (χ3n) is 4.83. The number of morpholine rings is 1. The Morgan fingerprint density at radius 2 is 2.15 bits per heavy atom. The fourth-order valence-corrected chi connectivity index (χ4v) is 3.28. The molecule has 3 aromatic rings. The summed E-state index contributed by atoms with van der Waals surface area (Å²) in [6, 6.07) is 0. The molecule has 0 radical (unpaired) electrons. The Morgan fingerprint density at radius 1 is 1.31 bits per heavy atom. The molecule has 0 amide bonds. The number of rotatable bonds is 4. The second-order valence-electron chi connectivity index (χ2n) is 6.71. The Labute approximate surface area is 151 Å². The van der Waals surface area contributed by atoms with Crippen molar-refractivity contribution < 1.29 is 4.74 Å². The molecular formula is C16H23N9O. The zero-order chi connectivity index (χ0) is 18.3. The van der Waals surface area contributed by atoms with E-state index in [1.165, 1.54) is 11.3 Å². The van der Waals surface area contributed by atoms with Gasteiger partial charge in [0.05, 0.1) is 25.5 Å². The summed E-state index contributed by atoms with van der Waals surface area (Å²) >= 11 is 0. The Morgan fingerprint density at radius 3 is 2.92 bits per heavy atom. The van der Waals surface area contributed by atoms with Crippen molar-refractivity contribution in [2.24, 2.45) is 7.05 Å². The Hall–Kier alpha value is -2.59. The number of aryl methyl sites for hydroxylation is 2. The van der Waals surface area contributed by atoms with E-state index in [-0.39, 0.29) is 6.10 Å². The molecule has 3 aromatic heterocycles. The minimum Gasteiger partial charge on any atom is -0.382 e. The summed E-state index contributed by atoms with van der Waals surface area (Å²) in [6.07, 6.45) is 1.95. The lowest BCUT2D eigenvalue weighted by atomic mass is 10.2. The van der Waals surface area contributed by atoms with Crippen molar-refractivity contribution in [1.29, 1.82) is 0 Å². The van der Waals surface area contributed by atoms with Gasteiger partial charge in [-0.3, -0.25) is 9.58 Å². The number of anilines is 1. The molecule has 10 nitrogen and oxygen atoms in total. The predicted molar refractivity (Wildman–Crippen MR) is 95.2 cm³/mol. The van der Waals surface area contributed by atoms with Crippen LogP contribution in [0.3, 0.4) is 0 Å². The van der Waals surface area contributed by atoms with Crippen molar-refractivity contribution in [2.75, 3.05) is 25.4 Å². The van der Waals surface area contributed by atoms with Crippen LogP contribution in [0.1, 0.15) is 17.1 Å². The first-order chi connectivity index (χ1) is 12.5. The second-order valence-corrected chi connectivity index (χ2v) is 6.71. The van der Waals surface area contributed by atoms with Crippen LogP contribution in [0.5, 0.6) is 0 Å². The smallest absolute Gasteiger partial charge is 0.184 e. The molecule has 0 saturated carbocycles. The lowest BCUT2D eigenvalue weighted by Crippen LogP contribution is -2.43. The predicted octanol–water partition coefficient (Wildman–Crippen LogP) is 0.0548. The molecule has 4 heterocycles. The minimum atomic E-state index is 0.0159. The van der Waals surface area contributed by atoms with Gasteiger partial charge in [-0.15, -0.1) is 5.10 Å².